The SMILES string of the molecule is Fc1cccc(F)c1C(F)(F)F.N#Cc1ccc(F)cc1F. The van der Waals surface area contributed by atoms with Crippen molar-refractivity contribution in [3.8, 4) is 6.07 Å². The van der Waals surface area contributed by atoms with Gasteiger partial charge in [-0.3, -0.25) is 0 Å². The van der Waals surface area contributed by atoms with E-state index in [9.17, 15) is 30.7 Å². The standard InChI is InChI=1S/C7H3F5.C7H3F2N/c8-4-2-1-3-5(9)6(4)7(10,11)12;8-6-2-1-5(4-10)7(9)3-6/h1-3H;1-3H. The molecule has 0 bridgehead atoms. The number of nitriles is 1. The Bertz CT molecular complexity index is 681. The molecule has 2 rings (SSSR count). The summed E-state index contributed by atoms with van der Waals surface area (Å²) in [5.74, 6) is -4.68. The van der Waals surface area contributed by atoms with Gasteiger partial charge in [-0.2, -0.15) is 18.4 Å². The van der Waals surface area contributed by atoms with E-state index in [0.29, 0.717) is 18.2 Å². The Balaban J connectivity index is 0.000000224. The van der Waals surface area contributed by atoms with Crippen LogP contribution in [0, 0.1) is 34.6 Å². The Morgan fingerprint density at radius 2 is 1.36 bits per heavy atom. The van der Waals surface area contributed by atoms with Crippen LogP contribution in [0.25, 0.3) is 0 Å². The van der Waals surface area contributed by atoms with Crippen molar-refractivity contribution in [2.45, 2.75) is 6.18 Å². The van der Waals surface area contributed by atoms with Gasteiger partial charge in [0.25, 0.3) is 0 Å². The minimum absolute atomic E-state index is 0.138. The summed E-state index contributed by atoms with van der Waals surface area (Å²) in [6.45, 7) is 0. The minimum atomic E-state index is -4.98. The van der Waals surface area contributed by atoms with Gasteiger partial charge < -0.3 is 0 Å². The van der Waals surface area contributed by atoms with Crippen molar-refractivity contribution < 1.29 is 30.7 Å². The number of halogens is 7. The molecular formula is C14H6F7N. The average molecular weight is 321 g/mol. The Morgan fingerprint density at radius 1 is 0.818 bits per heavy atom. The molecule has 0 amide bonds. The minimum Gasteiger partial charge on any atom is -0.207 e. The van der Waals surface area contributed by atoms with Gasteiger partial charge in [0.05, 0.1) is 5.56 Å². The molecule has 0 saturated carbocycles. The first kappa shape index (κ1) is 17.5. The number of nitrogens with zero attached hydrogens (tertiary/aromatic N) is 1. The summed E-state index contributed by atoms with van der Waals surface area (Å²) in [6, 6.07) is 6.40. The van der Waals surface area contributed by atoms with Gasteiger partial charge in [0.1, 0.15) is 34.9 Å². The highest BCUT2D eigenvalue weighted by molar-refractivity contribution is 5.30. The van der Waals surface area contributed by atoms with Gasteiger partial charge in [-0.05, 0) is 24.3 Å². The molecule has 0 aliphatic heterocycles. The summed E-state index contributed by atoms with van der Waals surface area (Å²) in [6.07, 6.45) is -4.98. The van der Waals surface area contributed by atoms with Crippen molar-refractivity contribution in [2.75, 3.05) is 0 Å². The molecule has 8 heteroatoms. The summed E-state index contributed by atoms with van der Waals surface area (Å²) in [4.78, 5) is 0. The zero-order chi connectivity index (χ0) is 16.9. The summed E-state index contributed by atoms with van der Waals surface area (Å²) in [5.41, 5.74) is -1.98. The Kier molecular flexibility index (Phi) is 5.51. The van der Waals surface area contributed by atoms with E-state index in [2.05, 4.69) is 0 Å². The van der Waals surface area contributed by atoms with Gasteiger partial charge in [0.2, 0.25) is 0 Å². The molecule has 0 saturated heterocycles. The van der Waals surface area contributed by atoms with Crippen LogP contribution in [0.5, 0.6) is 0 Å². The maximum Gasteiger partial charge on any atom is 0.422 e. The fourth-order valence-electron chi connectivity index (χ4n) is 1.35. The fourth-order valence-corrected chi connectivity index (χ4v) is 1.35. The fraction of sp³-hybridized carbons (Fsp3) is 0.0714. The van der Waals surface area contributed by atoms with E-state index in [1.807, 2.05) is 0 Å². The van der Waals surface area contributed by atoms with Crippen LogP contribution in [0.15, 0.2) is 36.4 Å². The van der Waals surface area contributed by atoms with Gasteiger partial charge in [-0.15, -0.1) is 0 Å². The third-order valence-electron chi connectivity index (χ3n) is 2.30. The van der Waals surface area contributed by atoms with Crippen molar-refractivity contribution >= 4 is 0 Å². The van der Waals surface area contributed by atoms with Gasteiger partial charge in [0.15, 0.2) is 0 Å². The van der Waals surface area contributed by atoms with Crippen LogP contribution in [0.2, 0.25) is 0 Å². The molecule has 2 aromatic rings. The first-order valence-electron chi connectivity index (χ1n) is 5.53. The van der Waals surface area contributed by atoms with E-state index in [-0.39, 0.29) is 5.56 Å². The highest BCUT2D eigenvalue weighted by atomic mass is 19.4. The molecule has 0 radical (unpaired) electrons. The predicted molar refractivity (Wildman–Crippen MR) is 62.4 cm³/mol. The molecule has 116 valence electrons. The van der Waals surface area contributed by atoms with E-state index in [4.69, 9.17) is 5.26 Å². The summed E-state index contributed by atoms with van der Waals surface area (Å²) in [7, 11) is 0. The molecule has 0 fully saturated rings. The molecule has 2 aromatic carbocycles. The lowest BCUT2D eigenvalue weighted by Crippen LogP contribution is -2.10. The Labute approximate surface area is 120 Å². The third kappa shape index (κ3) is 4.48. The van der Waals surface area contributed by atoms with Crippen LogP contribution >= 0.6 is 0 Å². The number of alkyl halides is 3. The zero-order valence-corrected chi connectivity index (χ0v) is 10.6. The lowest BCUT2D eigenvalue weighted by molar-refractivity contribution is -0.142. The largest absolute Gasteiger partial charge is 0.422 e. The monoisotopic (exact) mass is 321 g/mol. The number of benzene rings is 2. The second-order valence-corrected chi connectivity index (χ2v) is 3.83. The Hall–Kier alpha value is -2.56. The topological polar surface area (TPSA) is 23.8 Å². The van der Waals surface area contributed by atoms with E-state index in [1.54, 1.807) is 6.07 Å². The van der Waals surface area contributed by atoms with Crippen LogP contribution in [-0.2, 0) is 6.18 Å². The summed E-state index contributed by atoms with van der Waals surface area (Å²) < 4.78 is 84.8. The molecule has 0 aliphatic carbocycles. The maximum atomic E-state index is 12.4. The van der Waals surface area contributed by atoms with Crippen LogP contribution in [0.3, 0.4) is 0 Å². The second kappa shape index (κ2) is 6.93. The number of hydrogen-bond donors (Lipinski definition) is 0. The highest BCUT2D eigenvalue weighted by Gasteiger charge is 2.37. The summed E-state index contributed by atoms with van der Waals surface area (Å²) >= 11 is 0. The second-order valence-electron chi connectivity index (χ2n) is 3.83. The van der Waals surface area contributed by atoms with Crippen molar-refractivity contribution in [1.29, 1.82) is 5.26 Å². The van der Waals surface area contributed by atoms with E-state index < -0.39 is 35.0 Å². The van der Waals surface area contributed by atoms with Crippen molar-refractivity contribution in [3.63, 3.8) is 0 Å². The molecule has 0 spiro atoms. The van der Waals surface area contributed by atoms with Crippen LogP contribution < -0.4 is 0 Å². The molecule has 22 heavy (non-hydrogen) atoms. The molecule has 0 aliphatic rings. The van der Waals surface area contributed by atoms with Crippen LogP contribution in [-0.4, -0.2) is 0 Å². The van der Waals surface area contributed by atoms with Crippen molar-refractivity contribution in [3.05, 3.63) is 70.8 Å². The van der Waals surface area contributed by atoms with E-state index in [1.165, 1.54) is 0 Å². The predicted octanol–water partition coefficient (Wildman–Crippen LogP) is 4.82. The highest BCUT2D eigenvalue weighted by Crippen LogP contribution is 2.32. The van der Waals surface area contributed by atoms with E-state index >= 15 is 0 Å². The zero-order valence-electron chi connectivity index (χ0n) is 10.6. The number of rotatable bonds is 0. The molecule has 0 aromatic heterocycles. The average Bonchev–Trinajstić information content (AvgIpc) is 2.37. The number of hydrogen-bond acceptors (Lipinski definition) is 1. The molecule has 1 nitrogen and oxygen atoms in total. The lowest BCUT2D eigenvalue weighted by atomic mass is 10.2. The van der Waals surface area contributed by atoms with Gasteiger partial charge >= 0.3 is 6.18 Å². The third-order valence-corrected chi connectivity index (χ3v) is 2.30. The van der Waals surface area contributed by atoms with Crippen LogP contribution in [0.4, 0.5) is 30.7 Å². The van der Waals surface area contributed by atoms with E-state index in [0.717, 1.165) is 18.2 Å². The first-order chi connectivity index (χ1) is 10.2. The van der Waals surface area contributed by atoms with Crippen molar-refractivity contribution in [2.24, 2.45) is 0 Å². The quantitative estimate of drug-likeness (QED) is 0.638. The van der Waals surface area contributed by atoms with Crippen LogP contribution in [0.1, 0.15) is 11.1 Å². The lowest BCUT2D eigenvalue weighted by Gasteiger charge is -2.07. The molecule has 0 heterocycles. The molecule has 0 N–H and O–H groups in total. The molecule has 0 unspecified atom stereocenters. The van der Waals surface area contributed by atoms with Crippen molar-refractivity contribution in [1.82, 2.24) is 0 Å². The van der Waals surface area contributed by atoms with Gasteiger partial charge in [0, 0.05) is 6.07 Å². The molecular weight excluding hydrogens is 315 g/mol. The maximum absolute atomic E-state index is 12.4. The normalized spacial score (nSPS) is 10.5. The Morgan fingerprint density at radius 3 is 1.73 bits per heavy atom. The van der Waals surface area contributed by atoms with Gasteiger partial charge in [-0.25, -0.2) is 17.6 Å². The molecule has 0 atom stereocenters. The van der Waals surface area contributed by atoms with Gasteiger partial charge in [-0.1, -0.05) is 6.07 Å². The summed E-state index contributed by atoms with van der Waals surface area (Å²) in [5, 5.41) is 8.20. The smallest absolute Gasteiger partial charge is 0.207 e. The first-order valence-corrected chi connectivity index (χ1v) is 5.53.